The SMILES string of the molecule is CCOC(CNC(=O)C1CNc2ccccc2C1)OCC. The molecule has 1 atom stereocenters. The van der Waals surface area contributed by atoms with Crippen LogP contribution in [0.3, 0.4) is 0 Å². The number of carbonyl (C=O) groups is 1. The molecular formula is C16H24N2O3. The van der Waals surface area contributed by atoms with Gasteiger partial charge < -0.3 is 20.1 Å². The zero-order chi connectivity index (χ0) is 15.1. The number of anilines is 1. The maximum Gasteiger partial charge on any atom is 0.225 e. The Morgan fingerprint density at radius 2 is 2.05 bits per heavy atom. The third kappa shape index (κ3) is 4.44. The van der Waals surface area contributed by atoms with Crippen molar-refractivity contribution in [1.82, 2.24) is 5.32 Å². The molecule has 116 valence electrons. The second-order valence-electron chi connectivity index (χ2n) is 5.02. The van der Waals surface area contributed by atoms with Crippen LogP contribution >= 0.6 is 0 Å². The van der Waals surface area contributed by atoms with Gasteiger partial charge >= 0.3 is 0 Å². The first-order valence-corrected chi connectivity index (χ1v) is 7.57. The molecule has 0 spiro atoms. The van der Waals surface area contributed by atoms with E-state index in [1.165, 1.54) is 5.56 Å². The van der Waals surface area contributed by atoms with Crippen LogP contribution in [-0.2, 0) is 20.7 Å². The average Bonchev–Trinajstić information content (AvgIpc) is 2.52. The third-order valence-corrected chi connectivity index (χ3v) is 3.54. The first-order valence-electron chi connectivity index (χ1n) is 7.57. The summed E-state index contributed by atoms with van der Waals surface area (Å²) in [7, 11) is 0. The molecule has 2 rings (SSSR count). The van der Waals surface area contributed by atoms with Gasteiger partial charge in [-0.25, -0.2) is 0 Å². The van der Waals surface area contributed by atoms with E-state index in [2.05, 4.69) is 16.7 Å². The Labute approximate surface area is 126 Å². The Kier molecular flexibility index (Phi) is 6.02. The highest BCUT2D eigenvalue weighted by Gasteiger charge is 2.24. The van der Waals surface area contributed by atoms with Gasteiger partial charge in [-0.05, 0) is 31.9 Å². The van der Waals surface area contributed by atoms with E-state index in [0.29, 0.717) is 26.3 Å². The van der Waals surface area contributed by atoms with Crippen molar-refractivity contribution in [1.29, 1.82) is 0 Å². The van der Waals surface area contributed by atoms with E-state index in [0.717, 1.165) is 12.1 Å². The van der Waals surface area contributed by atoms with Gasteiger partial charge in [0.2, 0.25) is 5.91 Å². The fourth-order valence-electron chi connectivity index (χ4n) is 2.49. The fourth-order valence-corrected chi connectivity index (χ4v) is 2.49. The minimum atomic E-state index is -0.368. The van der Waals surface area contributed by atoms with Crippen LogP contribution in [0.15, 0.2) is 24.3 Å². The highest BCUT2D eigenvalue weighted by atomic mass is 16.7. The summed E-state index contributed by atoms with van der Waals surface area (Å²) in [5.74, 6) is -0.00906. The number of amides is 1. The molecule has 1 aromatic carbocycles. The van der Waals surface area contributed by atoms with Gasteiger partial charge in [-0.3, -0.25) is 4.79 Å². The van der Waals surface area contributed by atoms with Crippen LogP contribution in [0, 0.1) is 5.92 Å². The Balaban J connectivity index is 1.84. The largest absolute Gasteiger partial charge is 0.384 e. The lowest BCUT2D eigenvalue weighted by molar-refractivity contribution is -0.142. The number of fused-ring (bicyclic) bond motifs is 1. The quantitative estimate of drug-likeness (QED) is 0.752. The molecule has 2 N–H and O–H groups in total. The second-order valence-corrected chi connectivity index (χ2v) is 5.02. The number of hydrogen-bond acceptors (Lipinski definition) is 4. The lowest BCUT2D eigenvalue weighted by Crippen LogP contribution is -2.42. The number of ether oxygens (including phenoxy) is 2. The second kappa shape index (κ2) is 8.00. The molecule has 5 nitrogen and oxygen atoms in total. The van der Waals surface area contributed by atoms with E-state index in [1.54, 1.807) is 0 Å². The molecule has 0 fully saturated rings. The van der Waals surface area contributed by atoms with Crippen molar-refractivity contribution in [3.8, 4) is 0 Å². The average molecular weight is 292 g/mol. The van der Waals surface area contributed by atoms with Crippen molar-refractivity contribution in [2.45, 2.75) is 26.6 Å². The van der Waals surface area contributed by atoms with Crippen molar-refractivity contribution < 1.29 is 14.3 Å². The van der Waals surface area contributed by atoms with Crippen LogP contribution in [0.1, 0.15) is 19.4 Å². The standard InChI is InChI=1S/C16H24N2O3/c1-3-20-15(21-4-2)11-18-16(19)13-9-12-7-5-6-8-14(12)17-10-13/h5-8,13,15,17H,3-4,9-11H2,1-2H3,(H,18,19). The summed E-state index contributed by atoms with van der Waals surface area (Å²) in [4.78, 5) is 12.3. The molecule has 1 amide bonds. The van der Waals surface area contributed by atoms with Crippen LogP contribution in [-0.4, -0.2) is 38.5 Å². The van der Waals surface area contributed by atoms with Crippen molar-refractivity contribution in [3.63, 3.8) is 0 Å². The Morgan fingerprint density at radius 3 is 2.76 bits per heavy atom. The molecule has 1 heterocycles. The fraction of sp³-hybridized carbons (Fsp3) is 0.562. The molecular weight excluding hydrogens is 268 g/mol. The monoisotopic (exact) mass is 292 g/mol. The lowest BCUT2D eigenvalue weighted by Gasteiger charge is -2.26. The maximum absolute atomic E-state index is 12.3. The highest BCUT2D eigenvalue weighted by Crippen LogP contribution is 2.24. The van der Waals surface area contributed by atoms with Gasteiger partial charge in [0, 0.05) is 25.4 Å². The number of benzene rings is 1. The molecule has 0 aromatic heterocycles. The van der Waals surface area contributed by atoms with Gasteiger partial charge in [-0.1, -0.05) is 18.2 Å². The van der Waals surface area contributed by atoms with Crippen LogP contribution < -0.4 is 10.6 Å². The van der Waals surface area contributed by atoms with Crippen molar-refractivity contribution >= 4 is 11.6 Å². The van der Waals surface area contributed by atoms with Crippen molar-refractivity contribution in [3.05, 3.63) is 29.8 Å². The molecule has 1 aromatic rings. The van der Waals surface area contributed by atoms with Crippen LogP contribution in [0.4, 0.5) is 5.69 Å². The van der Waals surface area contributed by atoms with E-state index in [9.17, 15) is 4.79 Å². The van der Waals surface area contributed by atoms with E-state index in [4.69, 9.17) is 9.47 Å². The molecule has 5 heteroatoms. The van der Waals surface area contributed by atoms with Crippen LogP contribution in [0.5, 0.6) is 0 Å². The van der Waals surface area contributed by atoms with Gasteiger partial charge in [0.1, 0.15) is 0 Å². The molecule has 0 bridgehead atoms. The first-order chi connectivity index (χ1) is 10.2. The molecule has 0 saturated carbocycles. The summed E-state index contributed by atoms with van der Waals surface area (Å²) in [6.45, 7) is 6.01. The van der Waals surface area contributed by atoms with E-state index in [-0.39, 0.29) is 18.1 Å². The lowest BCUT2D eigenvalue weighted by atomic mass is 9.93. The Morgan fingerprint density at radius 1 is 1.33 bits per heavy atom. The number of rotatable bonds is 7. The van der Waals surface area contributed by atoms with Gasteiger partial charge in [0.15, 0.2) is 6.29 Å². The van der Waals surface area contributed by atoms with Crippen molar-refractivity contribution in [2.75, 3.05) is 31.6 Å². The zero-order valence-electron chi connectivity index (χ0n) is 12.7. The summed E-state index contributed by atoms with van der Waals surface area (Å²) in [6.07, 6.45) is 0.399. The molecule has 0 aliphatic carbocycles. The third-order valence-electron chi connectivity index (χ3n) is 3.54. The van der Waals surface area contributed by atoms with Gasteiger partial charge in [0.25, 0.3) is 0 Å². The highest BCUT2D eigenvalue weighted by molar-refractivity contribution is 5.80. The van der Waals surface area contributed by atoms with E-state index < -0.39 is 0 Å². The van der Waals surface area contributed by atoms with Gasteiger partial charge in [0.05, 0.1) is 12.5 Å². The van der Waals surface area contributed by atoms with Gasteiger partial charge in [-0.2, -0.15) is 0 Å². The summed E-state index contributed by atoms with van der Waals surface area (Å²) in [5, 5.41) is 6.23. The summed E-state index contributed by atoms with van der Waals surface area (Å²) in [5.41, 5.74) is 2.32. The Bertz CT molecular complexity index is 459. The zero-order valence-corrected chi connectivity index (χ0v) is 12.7. The minimum absolute atomic E-state index is 0.0430. The summed E-state index contributed by atoms with van der Waals surface area (Å²) >= 11 is 0. The van der Waals surface area contributed by atoms with Crippen molar-refractivity contribution in [2.24, 2.45) is 5.92 Å². The molecule has 0 saturated heterocycles. The summed E-state index contributed by atoms with van der Waals surface area (Å²) < 4.78 is 10.8. The van der Waals surface area contributed by atoms with E-state index in [1.807, 2.05) is 32.0 Å². The molecule has 1 aliphatic heterocycles. The van der Waals surface area contributed by atoms with Crippen LogP contribution in [0.2, 0.25) is 0 Å². The Hall–Kier alpha value is -1.59. The number of para-hydroxylation sites is 1. The molecule has 21 heavy (non-hydrogen) atoms. The predicted molar refractivity (Wildman–Crippen MR) is 82.2 cm³/mol. The molecule has 1 aliphatic rings. The number of nitrogens with one attached hydrogen (secondary N) is 2. The molecule has 1 unspecified atom stereocenters. The van der Waals surface area contributed by atoms with E-state index >= 15 is 0 Å². The predicted octanol–water partition coefficient (Wildman–Crippen LogP) is 1.79. The normalized spacial score (nSPS) is 17.2. The van der Waals surface area contributed by atoms with Crippen LogP contribution in [0.25, 0.3) is 0 Å². The molecule has 0 radical (unpaired) electrons. The van der Waals surface area contributed by atoms with Gasteiger partial charge in [-0.15, -0.1) is 0 Å². The minimum Gasteiger partial charge on any atom is -0.384 e. The smallest absolute Gasteiger partial charge is 0.225 e. The number of carbonyl (C=O) groups excluding carboxylic acids is 1. The summed E-state index contributed by atoms with van der Waals surface area (Å²) in [6, 6.07) is 8.11. The number of hydrogen-bond donors (Lipinski definition) is 2. The maximum atomic E-state index is 12.3. The topological polar surface area (TPSA) is 59.6 Å². The first kappa shape index (κ1) is 15.8.